The van der Waals surface area contributed by atoms with Crippen LogP contribution in [0.25, 0.3) is 61.8 Å². The molecule has 8 rings (SSSR count). The molecule has 2 heterocycles. The molecule has 38 heavy (non-hydrogen) atoms. The maximum absolute atomic E-state index is 5.45. The summed E-state index contributed by atoms with van der Waals surface area (Å²) in [6.07, 6.45) is 7.67. The molecule has 182 valence electrons. The first-order valence-corrected chi connectivity index (χ1v) is 13.6. The van der Waals surface area contributed by atoms with Gasteiger partial charge in [0, 0.05) is 33.0 Å². The Labute approximate surface area is 222 Å². The molecule has 2 nitrogen and oxygen atoms in total. The van der Waals surface area contributed by atoms with Crippen molar-refractivity contribution in [2.45, 2.75) is 31.1 Å². The van der Waals surface area contributed by atoms with E-state index in [0.717, 1.165) is 22.3 Å². The standard InChI is InChI=1S/C36H28N2/c1-3-22-16-19-30-33-23-14-15-24(20-23)34(33)35(37-36(30)27(22)4-2)25-17-18-29-28-12-8-9-13-31(28)38(32(29)21-25)26-10-6-5-7-11-26/h3-13,16-19,21,23-24H,1-2,14-15,20H2. The van der Waals surface area contributed by atoms with Gasteiger partial charge in [0.15, 0.2) is 0 Å². The van der Waals surface area contributed by atoms with Gasteiger partial charge in [0.25, 0.3) is 0 Å². The molecule has 6 aromatic rings. The van der Waals surface area contributed by atoms with E-state index in [0.29, 0.717) is 11.8 Å². The van der Waals surface area contributed by atoms with Gasteiger partial charge in [-0.3, -0.25) is 0 Å². The number of nitrogens with zero attached hydrogens (tertiary/aromatic N) is 2. The molecule has 0 spiro atoms. The Hall–Kier alpha value is -4.43. The molecule has 0 N–H and O–H groups in total. The number of para-hydroxylation sites is 2. The average Bonchev–Trinajstić information content (AvgIpc) is 3.68. The third-order valence-electron chi connectivity index (χ3n) is 8.94. The van der Waals surface area contributed by atoms with E-state index in [2.05, 4.69) is 103 Å². The van der Waals surface area contributed by atoms with E-state index in [4.69, 9.17) is 4.98 Å². The summed E-state index contributed by atoms with van der Waals surface area (Å²) in [5.41, 5.74) is 12.2. The molecule has 2 atom stereocenters. The molecule has 2 aromatic heterocycles. The molecule has 0 radical (unpaired) electrons. The first kappa shape index (κ1) is 21.6. The van der Waals surface area contributed by atoms with Crippen LogP contribution in [0.3, 0.4) is 0 Å². The van der Waals surface area contributed by atoms with Crippen molar-refractivity contribution in [3.8, 4) is 16.9 Å². The summed E-state index contributed by atoms with van der Waals surface area (Å²) in [6.45, 7) is 8.21. The average molecular weight is 489 g/mol. The molecule has 2 bridgehead atoms. The first-order valence-electron chi connectivity index (χ1n) is 13.6. The molecular weight excluding hydrogens is 460 g/mol. The number of fused-ring (bicyclic) bond motifs is 10. The lowest BCUT2D eigenvalue weighted by Crippen LogP contribution is -2.05. The Bertz CT molecular complexity index is 1940. The topological polar surface area (TPSA) is 17.8 Å². The van der Waals surface area contributed by atoms with E-state index in [9.17, 15) is 0 Å². The Balaban J connectivity index is 1.47. The van der Waals surface area contributed by atoms with Gasteiger partial charge in [-0.05, 0) is 72.1 Å². The lowest BCUT2D eigenvalue weighted by atomic mass is 9.85. The second-order valence-electron chi connectivity index (χ2n) is 10.8. The number of benzene rings is 4. The summed E-state index contributed by atoms with van der Waals surface area (Å²) >= 11 is 0. The lowest BCUT2D eigenvalue weighted by molar-refractivity contribution is 0.720. The normalized spacial score (nSPS) is 17.9. The largest absolute Gasteiger partial charge is 0.309 e. The van der Waals surface area contributed by atoms with Gasteiger partial charge in [-0.15, -0.1) is 0 Å². The highest BCUT2D eigenvalue weighted by molar-refractivity contribution is 6.10. The van der Waals surface area contributed by atoms with E-state index in [1.54, 1.807) is 0 Å². The molecule has 2 aliphatic rings. The molecular formula is C36H28N2. The zero-order chi connectivity index (χ0) is 25.4. The first-order chi connectivity index (χ1) is 18.8. The van der Waals surface area contributed by atoms with Crippen LogP contribution in [-0.2, 0) is 0 Å². The van der Waals surface area contributed by atoms with Gasteiger partial charge in [-0.1, -0.05) is 86.0 Å². The second kappa shape index (κ2) is 8.03. The third kappa shape index (κ3) is 2.86. The fourth-order valence-electron chi connectivity index (χ4n) is 7.35. The van der Waals surface area contributed by atoms with Gasteiger partial charge >= 0.3 is 0 Å². The predicted octanol–water partition coefficient (Wildman–Crippen LogP) is 9.65. The van der Waals surface area contributed by atoms with Gasteiger partial charge in [-0.25, -0.2) is 4.98 Å². The molecule has 0 amide bonds. The van der Waals surface area contributed by atoms with E-state index >= 15 is 0 Å². The van der Waals surface area contributed by atoms with Crippen molar-refractivity contribution in [1.29, 1.82) is 0 Å². The van der Waals surface area contributed by atoms with Crippen molar-refractivity contribution in [2.24, 2.45) is 0 Å². The number of hydrogen-bond donors (Lipinski definition) is 0. The quantitative estimate of drug-likeness (QED) is 0.241. The monoisotopic (exact) mass is 488 g/mol. The smallest absolute Gasteiger partial charge is 0.0790 e. The van der Waals surface area contributed by atoms with Crippen molar-refractivity contribution in [1.82, 2.24) is 9.55 Å². The Kier molecular flexibility index (Phi) is 4.57. The van der Waals surface area contributed by atoms with Crippen LogP contribution < -0.4 is 0 Å². The lowest BCUT2D eigenvalue weighted by Gasteiger charge is -2.22. The zero-order valence-corrected chi connectivity index (χ0v) is 21.3. The predicted molar refractivity (Wildman–Crippen MR) is 161 cm³/mol. The van der Waals surface area contributed by atoms with Crippen LogP contribution in [0, 0.1) is 0 Å². The summed E-state index contributed by atoms with van der Waals surface area (Å²) in [5.74, 6) is 1.23. The number of aromatic nitrogens is 2. The summed E-state index contributed by atoms with van der Waals surface area (Å²) < 4.78 is 2.40. The van der Waals surface area contributed by atoms with Crippen LogP contribution in [0.1, 0.15) is 53.4 Å². The van der Waals surface area contributed by atoms with Gasteiger partial charge in [0.05, 0.1) is 22.2 Å². The fraction of sp³-hybridized carbons (Fsp3) is 0.139. The Morgan fingerprint density at radius 3 is 2.26 bits per heavy atom. The molecule has 0 saturated heterocycles. The highest BCUT2D eigenvalue weighted by atomic mass is 15.0. The van der Waals surface area contributed by atoms with Gasteiger partial charge in [0.1, 0.15) is 0 Å². The van der Waals surface area contributed by atoms with Crippen LogP contribution in [0.2, 0.25) is 0 Å². The minimum Gasteiger partial charge on any atom is -0.309 e. The van der Waals surface area contributed by atoms with Crippen LogP contribution in [0.5, 0.6) is 0 Å². The maximum atomic E-state index is 5.45. The SMILES string of the molecule is C=Cc1ccc2c3c(c(-c4ccc5c6ccccc6n(-c6ccccc6)c5c4)nc2c1C=C)C1CCC3C1. The van der Waals surface area contributed by atoms with E-state index in [1.165, 1.54) is 68.8 Å². The summed E-state index contributed by atoms with van der Waals surface area (Å²) in [7, 11) is 0. The van der Waals surface area contributed by atoms with Crippen LogP contribution >= 0.6 is 0 Å². The van der Waals surface area contributed by atoms with Crippen molar-refractivity contribution < 1.29 is 0 Å². The molecule has 2 unspecified atom stereocenters. The molecule has 0 aliphatic heterocycles. The summed E-state index contributed by atoms with van der Waals surface area (Å²) in [5, 5.41) is 3.85. The van der Waals surface area contributed by atoms with Crippen molar-refractivity contribution in [3.05, 3.63) is 120 Å². The highest BCUT2D eigenvalue weighted by Crippen LogP contribution is 2.57. The van der Waals surface area contributed by atoms with Crippen LogP contribution in [0.15, 0.2) is 98.1 Å². The highest BCUT2D eigenvalue weighted by Gasteiger charge is 2.41. The van der Waals surface area contributed by atoms with Gasteiger partial charge in [-0.2, -0.15) is 0 Å². The van der Waals surface area contributed by atoms with E-state index in [-0.39, 0.29) is 0 Å². The van der Waals surface area contributed by atoms with Gasteiger partial charge in [0.2, 0.25) is 0 Å². The molecule has 1 saturated carbocycles. The number of hydrogen-bond acceptors (Lipinski definition) is 1. The molecule has 2 aliphatic carbocycles. The third-order valence-corrected chi connectivity index (χ3v) is 8.94. The zero-order valence-electron chi connectivity index (χ0n) is 21.3. The summed E-state index contributed by atoms with van der Waals surface area (Å²) in [6, 6.07) is 30.8. The van der Waals surface area contributed by atoms with E-state index in [1.807, 2.05) is 12.2 Å². The maximum Gasteiger partial charge on any atom is 0.0790 e. The Morgan fingerprint density at radius 2 is 1.45 bits per heavy atom. The molecule has 2 heteroatoms. The molecule has 1 fully saturated rings. The number of rotatable bonds is 4. The van der Waals surface area contributed by atoms with Crippen LogP contribution in [-0.4, -0.2) is 9.55 Å². The fourth-order valence-corrected chi connectivity index (χ4v) is 7.35. The van der Waals surface area contributed by atoms with Crippen molar-refractivity contribution >= 4 is 44.9 Å². The summed E-state index contributed by atoms with van der Waals surface area (Å²) in [4.78, 5) is 5.45. The van der Waals surface area contributed by atoms with Crippen molar-refractivity contribution in [3.63, 3.8) is 0 Å². The van der Waals surface area contributed by atoms with Gasteiger partial charge < -0.3 is 4.57 Å². The Morgan fingerprint density at radius 1 is 0.711 bits per heavy atom. The second-order valence-corrected chi connectivity index (χ2v) is 10.8. The van der Waals surface area contributed by atoms with E-state index < -0.39 is 0 Å². The number of pyridine rings is 1. The minimum atomic E-state index is 0.601. The minimum absolute atomic E-state index is 0.601. The van der Waals surface area contributed by atoms with Crippen LogP contribution in [0.4, 0.5) is 0 Å². The molecule has 4 aromatic carbocycles. The van der Waals surface area contributed by atoms with Crippen molar-refractivity contribution in [2.75, 3.05) is 0 Å².